The summed E-state index contributed by atoms with van der Waals surface area (Å²) in [5.74, 6) is 3.87. The van der Waals surface area contributed by atoms with Gasteiger partial charge in [-0.15, -0.1) is 11.5 Å². The van der Waals surface area contributed by atoms with Crippen LogP contribution >= 0.6 is 0 Å². The number of hydrogen-bond donors (Lipinski definition) is 0. The van der Waals surface area contributed by atoms with E-state index in [0.717, 1.165) is 0 Å². The lowest BCUT2D eigenvalue weighted by molar-refractivity contribution is 0.724. The van der Waals surface area contributed by atoms with Gasteiger partial charge in [-0.1, -0.05) is 33.5 Å². The Hall–Kier alpha value is -0.223. The van der Waals surface area contributed by atoms with Crippen LogP contribution in [0.25, 0.3) is 0 Å². The molecule has 0 amide bonds. The van der Waals surface area contributed by atoms with Gasteiger partial charge in [0.15, 0.2) is 0 Å². The van der Waals surface area contributed by atoms with E-state index in [1.807, 2.05) is 0 Å². The highest BCUT2D eigenvalue weighted by atomic mass is 28.3. The minimum absolute atomic E-state index is 0.590. The maximum absolute atomic E-state index is 3.36. The molecule has 0 aliphatic rings. The fraction of sp³-hybridized carbons (Fsp3) is 0.778. The SMILES string of the molecule is CC[C@@H](C)C#C[Si](C)(C)C. The molecule has 1 heteroatoms. The van der Waals surface area contributed by atoms with E-state index < -0.39 is 8.07 Å². The first-order valence-electron chi connectivity index (χ1n) is 3.98. The van der Waals surface area contributed by atoms with Gasteiger partial charge in [0.05, 0.1) is 0 Å². The Balaban J connectivity index is 3.91. The van der Waals surface area contributed by atoms with Gasteiger partial charge in [0.2, 0.25) is 0 Å². The maximum atomic E-state index is 3.36. The summed E-state index contributed by atoms with van der Waals surface area (Å²) in [5.41, 5.74) is 3.36. The van der Waals surface area contributed by atoms with Crippen molar-refractivity contribution in [3.63, 3.8) is 0 Å². The zero-order chi connectivity index (χ0) is 8.20. The van der Waals surface area contributed by atoms with E-state index in [4.69, 9.17) is 0 Å². The van der Waals surface area contributed by atoms with Gasteiger partial charge in [-0.3, -0.25) is 0 Å². The Kier molecular flexibility index (Phi) is 3.74. The fourth-order valence-corrected chi connectivity index (χ4v) is 1.12. The average Bonchev–Trinajstić information content (AvgIpc) is 1.81. The van der Waals surface area contributed by atoms with Crippen LogP contribution in [-0.2, 0) is 0 Å². The van der Waals surface area contributed by atoms with Gasteiger partial charge < -0.3 is 0 Å². The van der Waals surface area contributed by atoms with Gasteiger partial charge in [0.25, 0.3) is 0 Å². The van der Waals surface area contributed by atoms with Crippen molar-refractivity contribution in [2.45, 2.75) is 39.9 Å². The first kappa shape index (κ1) is 9.78. The van der Waals surface area contributed by atoms with E-state index in [2.05, 4.69) is 45.0 Å². The van der Waals surface area contributed by atoms with Crippen LogP contribution in [0.15, 0.2) is 0 Å². The predicted molar refractivity (Wildman–Crippen MR) is 50.6 cm³/mol. The molecule has 0 saturated heterocycles. The lowest BCUT2D eigenvalue weighted by atomic mass is 10.1. The molecule has 0 unspecified atom stereocenters. The standard InChI is InChI=1S/C9H18Si/c1-6-9(2)7-8-10(3,4)5/h9H,6H2,1-5H3/t9-/m1/s1. The summed E-state index contributed by atoms with van der Waals surface area (Å²) in [6, 6.07) is 0. The van der Waals surface area contributed by atoms with Crippen molar-refractivity contribution < 1.29 is 0 Å². The highest BCUT2D eigenvalue weighted by Gasteiger charge is 2.07. The lowest BCUT2D eigenvalue weighted by Crippen LogP contribution is -2.16. The van der Waals surface area contributed by atoms with E-state index in [9.17, 15) is 0 Å². The van der Waals surface area contributed by atoms with E-state index in [0.29, 0.717) is 5.92 Å². The summed E-state index contributed by atoms with van der Waals surface area (Å²) in [6.07, 6.45) is 1.18. The minimum atomic E-state index is -1.10. The molecule has 0 spiro atoms. The van der Waals surface area contributed by atoms with E-state index in [1.54, 1.807) is 0 Å². The first-order valence-corrected chi connectivity index (χ1v) is 7.48. The second-order valence-electron chi connectivity index (χ2n) is 3.83. The lowest BCUT2D eigenvalue weighted by Gasteiger charge is -2.04. The van der Waals surface area contributed by atoms with Crippen LogP contribution in [0.3, 0.4) is 0 Å². The van der Waals surface area contributed by atoms with Gasteiger partial charge >= 0.3 is 0 Å². The second kappa shape index (κ2) is 3.83. The zero-order valence-corrected chi connectivity index (χ0v) is 8.78. The number of rotatable bonds is 1. The first-order chi connectivity index (χ1) is 4.45. The molecule has 0 bridgehead atoms. The molecule has 0 aromatic carbocycles. The fourth-order valence-electron chi connectivity index (χ4n) is 0.442. The van der Waals surface area contributed by atoms with Gasteiger partial charge in [0, 0.05) is 5.92 Å². The molecule has 0 aromatic rings. The summed E-state index contributed by atoms with van der Waals surface area (Å²) < 4.78 is 0. The monoisotopic (exact) mass is 154 g/mol. The van der Waals surface area contributed by atoms with Crippen LogP contribution in [0, 0.1) is 17.4 Å². The van der Waals surface area contributed by atoms with Crippen LogP contribution < -0.4 is 0 Å². The van der Waals surface area contributed by atoms with Crippen LogP contribution in [0.5, 0.6) is 0 Å². The normalized spacial score (nSPS) is 13.7. The number of hydrogen-bond acceptors (Lipinski definition) is 0. The molecule has 0 aromatic heterocycles. The van der Waals surface area contributed by atoms with Crippen LogP contribution in [0.4, 0.5) is 0 Å². The third-order valence-electron chi connectivity index (χ3n) is 1.31. The van der Waals surface area contributed by atoms with Crippen molar-refractivity contribution in [3.8, 4) is 11.5 Å². The molecule has 10 heavy (non-hydrogen) atoms. The van der Waals surface area contributed by atoms with Crippen LogP contribution in [0.2, 0.25) is 19.6 Å². The van der Waals surface area contributed by atoms with Gasteiger partial charge in [-0.2, -0.15) is 0 Å². The molecule has 58 valence electrons. The third-order valence-corrected chi connectivity index (χ3v) is 2.20. The van der Waals surface area contributed by atoms with Crippen molar-refractivity contribution in [2.75, 3.05) is 0 Å². The Morgan fingerprint density at radius 1 is 1.30 bits per heavy atom. The third kappa shape index (κ3) is 5.91. The van der Waals surface area contributed by atoms with Crippen molar-refractivity contribution in [2.24, 2.45) is 5.92 Å². The molecule has 0 nitrogen and oxygen atoms in total. The highest BCUT2D eigenvalue weighted by Crippen LogP contribution is 2.01. The van der Waals surface area contributed by atoms with E-state index in [-0.39, 0.29) is 0 Å². The summed E-state index contributed by atoms with van der Waals surface area (Å²) in [5, 5.41) is 0. The van der Waals surface area contributed by atoms with Crippen LogP contribution in [0.1, 0.15) is 20.3 Å². The van der Waals surface area contributed by atoms with Crippen molar-refractivity contribution in [1.82, 2.24) is 0 Å². The molecule has 1 atom stereocenters. The van der Waals surface area contributed by atoms with Crippen LogP contribution in [-0.4, -0.2) is 8.07 Å². The molecule has 0 heterocycles. The largest absolute Gasteiger partial charge is 0.132 e. The molecule has 0 N–H and O–H groups in total. The zero-order valence-electron chi connectivity index (χ0n) is 7.78. The van der Waals surface area contributed by atoms with E-state index >= 15 is 0 Å². The Bertz CT molecular complexity index is 142. The topological polar surface area (TPSA) is 0 Å². The summed E-state index contributed by atoms with van der Waals surface area (Å²) in [7, 11) is -1.10. The summed E-state index contributed by atoms with van der Waals surface area (Å²) >= 11 is 0. The van der Waals surface area contributed by atoms with Gasteiger partial charge in [0.1, 0.15) is 8.07 Å². The van der Waals surface area contributed by atoms with Crippen molar-refractivity contribution in [3.05, 3.63) is 0 Å². The van der Waals surface area contributed by atoms with Gasteiger partial charge in [-0.25, -0.2) is 0 Å². The smallest absolute Gasteiger partial charge is 0.129 e. The molecular formula is C9H18Si. The molecule has 0 aliphatic heterocycles. The summed E-state index contributed by atoms with van der Waals surface area (Å²) in [4.78, 5) is 0. The molecule has 0 saturated carbocycles. The van der Waals surface area contributed by atoms with Crippen molar-refractivity contribution >= 4 is 8.07 Å². The van der Waals surface area contributed by atoms with Gasteiger partial charge in [-0.05, 0) is 6.42 Å². The predicted octanol–water partition coefficient (Wildman–Crippen LogP) is 2.91. The van der Waals surface area contributed by atoms with E-state index in [1.165, 1.54) is 6.42 Å². The average molecular weight is 154 g/mol. The quantitative estimate of drug-likeness (QED) is 0.402. The molecule has 0 rings (SSSR count). The Morgan fingerprint density at radius 2 is 1.80 bits per heavy atom. The summed E-state index contributed by atoms with van der Waals surface area (Å²) in [6.45, 7) is 11.2. The molecule has 0 fully saturated rings. The van der Waals surface area contributed by atoms with Crippen molar-refractivity contribution in [1.29, 1.82) is 0 Å². The Morgan fingerprint density at radius 3 is 2.10 bits per heavy atom. The molecular weight excluding hydrogens is 136 g/mol. The molecule has 0 radical (unpaired) electrons. The maximum Gasteiger partial charge on any atom is 0.129 e. The Labute approximate surface area is 66.0 Å². The highest BCUT2D eigenvalue weighted by molar-refractivity contribution is 6.83. The molecule has 0 aliphatic carbocycles. The minimum Gasteiger partial charge on any atom is -0.132 e. The second-order valence-corrected chi connectivity index (χ2v) is 8.58.